The van der Waals surface area contributed by atoms with Crippen LogP contribution in [0.1, 0.15) is 45.4 Å². The van der Waals surface area contributed by atoms with Crippen molar-refractivity contribution in [1.29, 1.82) is 0 Å². The van der Waals surface area contributed by atoms with Crippen molar-refractivity contribution in [1.82, 2.24) is 0 Å². The highest BCUT2D eigenvalue weighted by atomic mass is 32.2. The summed E-state index contributed by atoms with van der Waals surface area (Å²) in [7, 11) is 0. The van der Waals surface area contributed by atoms with Crippen molar-refractivity contribution < 1.29 is 0 Å². The Kier molecular flexibility index (Phi) is 4.39. The number of rotatable bonds is 6. The summed E-state index contributed by atoms with van der Waals surface area (Å²) in [6.45, 7) is 2.24. The molecule has 2 rings (SSSR count). The molecule has 2 saturated carbocycles. The number of nitrogens with two attached hydrogens (primary N) is 1. The predicted octanol–water partition coefficient (Wildman–Crippen LogP) is 3.28. The van der Waals surface area contributed by atoms with Gasteiger partial charge in [-0.2, -0.15) is 11.8 Å². The Morgan fingerprint density at radius 3 is 2.80 bits per heavy atom. The lowest BCUT2D eigenvalue weighted by atomic mass is 9.85. The molecule has 2 bridgehead atoms. The van der Waals surface area contributed by atoms with E-state index in [0.29, 0.717) is 6.04 Å². The summed E-state index contributed by atoms with van der Waals surface area (Å²) in [5.74, 6) is 5.58. The second kappa shape index (κ2) is 5.58. The van der Waals surface area contributed by atoms with Crippen LogP contribution in [0.25, 0.3) is 0 Å². The van der Waals surface area contributed by atoms with Crippen LogP contribution in [0.2, 0.25) is 0 Å². The third kappa shape index (κ3) is 3.13. The van der Waals surface area contributed by atoms with Crippen molar-refractivity contribution in [2.75, 3.05) is 11.5 Å². The second-order valence-corrected chi connectivity index (χ2v) is 6.66. The van der Waals surface area contributed by atoms with Gasteiger partial charge in [0, 0.05) is 11.8 Å². The molecule has 2 fully saturated rings. The van der Waals surface area contributed by atoms with Gasteiger partial charge < -0.3 is 5.73 Å². The van der Waals surface area contributed by atoms with Gasteiger partial charge in [-0.1, -0.05) is 13.3 Å². The maximum atomic E-state index is 6.21. The summed E-state index contributed by atoms with van der Waals surface area (Å²) < 4.78 is 0. The standard InChI is InChI=1S/C13H25NS/c1-2-5-15-9-13(14)8-12-7-10-3-4-11(12)6-10/h10-13H,2-9,14H2,1H3. The van der Waals surface area contributed by atoms with Crippen LogP contribution < -0.4 is 5.73 Å². The summed E-state index contributed by atoms with van der Waals surface area (Å²) in [5.41, 5.74) is 6.21. The molecule has 0 spiro atoms. The van der Waals surface area contributed by atoms with E-state index in [-0.39, 0.29) is 0 Å². The first kappa shape index (κ1) is 11.8. The minimum Gasteiger partial charge on any atom is -0.327 e. The van der Waals surface area contributed by atoms with Crippen molar-refractivity contribution in [3.63, 3.8) is 0 Å². The minimum atomic E-state index is 0.464. The lowest BCUT2D eigenvalue weighted by Crippen LogP contribution is -2.28. The highest BCUT2D eigenvalue weighted by Crippen LogP contribution is 2.49. The summed E-state index contributed by atoms with van der Waals surface area (Å²) >= 11 is 2.04. The van der Waals surface area contributed by atoms with Gasteiger partial charge in [0.25, 0.3) is 0 Å². The van der Waals surface area contributed by atoms with Crippen molar-refractivity contribution in [2.45, 2.75) is 51.5 Å². The fraction of sp³-hybridized carbons (Fsp3) is 1.00. The maximum Gasteiger partial charge on any atom is 0.0133 e. The van der Waals surface area contributed by atoms with E-state index >= 15 is 0 Å². The molecule has 0 aliphatic heterocycles. The van der Waals surface area contributed by atoms with Gasteiger partial charge in [0.15, 0.2) is 0 Å². The first-order valence-corrected chi connectivity index (χ1v) is 7.78. The molecule has 2 aliphatic carbocycles. The van der Waals surface area contributed by atoms with Crippen molar-refractivity contribution >= 4 is 11.8 Å². The van der Waals surface area contributed by atoms with Gasteiger partial charge >= 0.3 is 0 Å². The third-order valence-corrected chi connectivity index (χ3v) is 5.53. The third-order valence-electron chi connectivity index (χ3n) is 4.17. The fourth-order valence-corrected chi connectivity index (χ4v) is 4.40. The van der Waals surface area contributed by atoms with E-state index in [9.17, 15) is 0 Å². The monoisotopic (exact) mass is 227 g/mol. The van der Waals surface area contributed by atoms with Crippen LogP contribution >= 0.6 is 11.8 Å². The molecule has 0 aromatic heterocycles. The van der Waals surface area contributed by atoms with Crippen LogP contribution in [0.3, 0.4) is 0 Å². The Bertz CT molecular complexity index is 195. The number of fused-ring (bicyclic) bond motifs is 2. The molecule has 2 heteroatoms. The topological polar surface area (TPSA) is 26.0 Å². The summed E-state index contributed by atoms with van der Waals surface area (Å²) in [6.07, 6.45) is 8.63. The van der Waals surface area contributed by atoms with Crippen LogP contribution in [0.5, 0.6) is 0 Å². The van der Waals surface area contributed by atoms with Gasteiger partial charge in [-0.15, -0.1) is 0 Å². The molecule has 1 nitrogen and oxygen atoms in total. The summed E-state index contributed by atoms with van der Waals surface area (Å²) in [5, 5.41) is 0. The first-order chi connectivity index (χ1) is 7.29. The highest BCUT2D eigenvalue weighted by Gasteiger charge is 2.39. The summed E-state index contributed by atoms with van der Waals surface area (Å²) in [4.78, 5) is 0. The van der Waals surface area contributed by atoms with Gasteiger partial charge in [-0.05, 0) is 55.6 Å². The summed E-state index contributed by atoms with van der Waals surface area (Å²) in [6, 6.07) is 0.464. The molecule has 2 aliphatic rings. The Labute approximate surface area is 98.6 Å². The molecule has 0 heterocycles. The van der Waals surface area contributed by atoms with Gasteiger partial charge in [0.2, 0.25) is 0 Å². The molecule has 0 aromatic carbocycles. The average molecular weight is 227 g/mol. The molecule has 0 radical (unpaired) electrons. The molecule has 0 aromatic rings. The zero-order valence-electron chi connectivity index (χ0n) is 9.95. The van der Waals surface area contributed by atoms with Crippen molar-refractivity contribution in [3.8, 4) is 0 Å². The number of thioether (sulfide) groups is 1. The Morgan fingerprint density at radius 2 is 2.20 bits per heavy atom. The lowest BCUT2D eigenvalue weighted by molar-refractivity contribution is 0.301. The van der Waals surface area contributed by atoms with Gasteiger partial charge in [-0.25, -0.2) is 0 Å². The first-order valence-electron chi connectivity index (χ1n) is 6.63. The molecule has 4 unspecified atom stereocenters. The molecule has 88 valence electrons. The average Bonchev–Trinajstić information content (AvgIpc) is 2.79. The molecule has 0 amide bonds. The van der Waals surface area contributed by atoms with E-state index in [4.69, 9.17) is 5.73 Å². The number of hydrogen-bond acceptors (Lipinski definition) is 2. The largest absolute Gasteiger partial charge is 0.327 e. The Hall–Kier alpha value is 0.310. The van der Waals surface area contributed by atoms with Gasteiger partial charge in [-0.3, -0.25) is 0 Å². The van der Waals surface area contributed by atoms with Crippen LogP contribution in [-0.2, 0) is 0 Å². The fourth-order valence-electron chi connectivity index (χ4n) is 3.50. The van der Waals surface area contributed by atoms with E-state index in [1.807, 2.05) is 11.8 Å². The normalized spacial score (nSPS) is 36.0. The lowest BCUT2D eigenvalue weighted by Gasteiger charge is -2.24. The van der Waals surface area contributed by atoms with Crippen LogP contribution in [-0.4, -0.2) is 17.5 Å². The number of hydrogen-bond donors (Lipinski definition) is 1. The van der Waals surface area contributed by atoms with Gasteiger partial charge in [0.05, 0.1) is 0 Å². The van der Waals surface area contributed by atoms with E-state index in [1.165, 1.54) is 50.0 Å². The second-order valence-electron chi connectivity index (χ2n) is 5.51. The van der Waals surface area contributed by atoms with Gasteiger partial charge in [0.1, 0.15) is 0 Å². The molecule has 2 N–H and O–H groups in total. The molecular weight excluding hydrogens is 202 g/mol. The maximum absolute atomic E-state index is 6.21. The van der Waals surface area contributed by atoms with Crippen LogP contribution in [0, 0.1) is 17.8 Å². The predicted molar refractivity (Wildman–Crippen MR) is 69.1 cm³/mol. The zero-order chi connectivity index (χ0) is 10.7. The quantitative estimate of drug-likeness (QED) is 0.705. The van der Waals surface area contributed by atoms with E-state index < -0.39 is 0 Å². The Balaban J connectivity index is 1.64. The van der Waals surface area contributed by atoms with Crippen LogP contribution in [0.15, 0.2) is 0 Å². The molecule has 0 saturated heterocycles. The zero-order valence-corrected chi connectivity index (χ0v) is 10.8. The SMILES string of the molecule is CCCSCC(N)CC1CC2CCC1C2. The minimum absolute atomic E-state index is 0.464. The highest BCUT2D eigenvalue weighted by molar-refractivity contribution is 7.99. The van der Waals surface area contributed by atoms with E-state index in [0.717, 1.165) is 17.8 Å². The van der Waals surface area contributed by atoms with E-state index in [1.54, 1.807) is 0 Å². The Morgan fingerprint density at radius 1 is 1.33 bits per heavy atom. The smallest absolute Gasteiger partial charge is 0.0133 e. The van der Waals surface area contributed by atoms with Crippen LogP contribution in [0.4, 0.5) is 0 Å². The van der Waals surface area contributed by atoms with Crippen molar-refractivity contribution in [3.05, 3.63) is 0 Å². The van der Waals surface area contributed by atoms with Crippen molar-refractivity contribution in [2.24, 2.45) is 23.5 Å². The van der Waals surface area contributed by atoms with E-state index in [2.05, 4.69) is 6.92 Å². The molecule has 4 atom stereocenters. The molecule has 15 heavy (non-hydrogen) atoms. The molecular formula is C13H25NS.